The molecule has 2 N–H and O–H groups in total. The molecule has 0 spiro atoms. The van der Waals surface area contributed by atoms with Gasteiger partial charge in [-0.3, -0.25) is 9.59 Å². The Morgan fingerprint density at radius 1 is 1.17 bits per heavy atom. The lowest BCUT2D eigenvalue weighted by Crippen LogP contribution is -2.40. The topological polar surface area (TPSA) is 58.2 Å². The molecule has 96 valence electrons. The second kappa shape index (κ2) is 7.21. The van der Waals surface area contributed by atoms with Gasteiger partial charge in [-0.15, -0.1) is 6.58 Å². The fourth-order valence-electron chi connectivity index (χ4n) is 1.30. The van der Waals surface area contributed by atoms with Crippen LogP contribution in [0.25, 0.3) is 0 Å². The molecule has 18 heavy (non-hydrogen) atoms. The maximum Gasteiger partial charge on any atom is 0.309 e. The number of hydrogen-bond donors (Lipinski definition) is 2. The van der Waals surface area contributed by atoms with Crippen molar-refractivity contribution >= 4 is 11.8 Å². The maximum atomic E-state index is 12.6. The molecule has 0 aliphatic rings. The van der Waals surface area contributed by atoms with E-state index < -0.39 is 11.8 Å². The van der Waals surface area contributed by atoms with Crippen molar-refractivity contribution in [2.75, 3.05) is 13.1 Å². The molecule has 0 aromatic heterocycles. The Balaban J connectivity index is 2.28. The molecule has 0 bridgehead atoms. The second-order valence-electron chi connectivity index (χ2n) is 3.63. The average molecular weight is 250 g/mol. The van der Waals surface area contributed by atoms with Crippen LogP contribution in [0.1, 0.15) is 5.56 Å². The summed E-state index contributed by atoms with van der Waals surface area (Å²) in [7, 11) is 0. The molecular weight excluding hydrogens is 235 g/mol. The number of benzene rings is 1. The minimum absolute atomic E-state index is 0.254. The van der Waals surface area contributed by atoms with Crippen LogP contribution in [0, 0.1) is 5.82 Å². The summed E-state index contributed by atoms with van der Waals surface area (Å²) in [5, 5.41) is 4.85. The molecule has 0 heterocycles. The predicted octanol–water partition coefficient (Wildman–Crippen LogP) is 0.787. The number of hydrogen-bond acceptors (Lipinski definition) is 2. The molecule has 1 rings (SSSR count). The lowest BCUT2D eigenvalue weighted by atomic mass is 10.1. The van der Waals surface area contributed by atoms with Crippen molar-refractivity contribution in [3.05, 3.63) is 48.3 Å². The molecule has 0 saturated carbocycles. The Morgan fingerprint density at radius 2 is 1.78 bits per heavy atom. The lowest BCUT2D eigenvalue weighted by Gasteiger charge is -2.05. The van der Waals surface area contributed by atoms with Gasteiger partial charge in [0, 0.05) is 13.1 Å². The molecule has 1 aromatic carbocycles. The van der Waals surface area contributed by atoms with Crippen molar-refractivity contribution in [1.29, 1.82) is 0 Å². The summed E-state index contributed by atoms with van der Waals surface area (Å²) in [6.45, 7) is 4.00. The third-order valence-electron chi connectivity index (χ3n) is 2.23. The van der Waals surface area contributed by atoms with E-state index in [-0.39, 0.29) is 12.4 Å². The van der Waals surface area contributed by atoms with Gasteiger partial charge in [-0.25, -0.2) is 4.39 Å². The van der Waals surface area contributed by atoms with Crippen LogP contribution in [0.3, 0.4) is 0 Å². The first-order chi connectivity index (χ1) is 8.63. The van der Waals surface area contributed by atoms with Crippen LogP contribution in [0.15, 0.2) is 36.9 Å². The molecule has 0 aliphatic heterocycles. The van der Waals surface area contributed by atoms with Crippen molar-refractivity contribution in [3.63, 3.8) is 0 Å². The summed E-state index contributed by atoms with van der Waals surface area (Å²) in [4.78, 5) is 22.4. The van der Waals surface area contributed by atoms with Gasteiger partial charge in [0.15, 0.2) is 0 Å². The van der Waals surface area contributed by atoms with E-state index in [4.69, 9.17) is 0 Å². The average Bonchev–Trinajstić information content (AvgIpc) is 2.38. The van der Waals surface area contributed by atoms with E-state index in [1.54, 1.807) is 12.1 Å². The highest BCUT2D eigenvalue weighted by Gasteiger charge is 2.10. The van der Waals surface area contributed by atoms with E-state index in [1.165, 1.54) is 18.2 Å². The number of nitrogens with one attached hydrogen (secondary N) is 2. The van der Waals surface area contributed by atoms with Gasteiger partial charge in [0.1, 0.15) is 5.82 Å². The number of halogens is 1. The SMILES string of the molecule is C=CCNC(=O)C(=O)NCCc1ccc(F)cc1. The van der Waals surface area contributed by atoms with Crippen molar-refractivity contribution in [2.45, 2.75) is 6.42 Å². The monoisotopic (exact) mass is 250 g/mol. The number of rotatable bonds is 5. The third-order valence-corrected chi connectivity index (χ3v) is 2.23. The van der Waals surface area contributed by atoms with Gasteiger partial charge >= 0.3 is 11.8 Å². The quantitative estimate of drug-likeness (QED) is 0.599. The fourth-order valence-corrected chi connectivity index (χ4v) is 1.30. The highest BCUT2D eigenvalue weighted by molar-refractivity contribution is 6.35. The highest BCUT2D eigenvalue weighted by Crippen LogP contribution is 2.02. The van der Waals surface area contributed by atoms with Gasteiger partial charge in [0.05, 0.1) is 0 Å². The third kappa shape index (κ3) is 4.78. The smallest absolute Gasteiger partial charge is 0.309 e. The highest BCUT2D eigenvalue weighted by atomic mass is 19.1. The van der Waals surface area contributed by atoms with Crippen LogP contribution < -0.4 is 10.6 Å². The first-order valence-corrected chi connectivity index (χ1v) is 5.55. The van der Waals surface area contributed by atoms with E-state index >= 15 is 0 Å². The molecule has 0 radical (unpaired) electrons. The molecule has 0 atom stereocenters. The molecule has 1 aromatic rings. The summed E-state index contributed by atoms with van der Waals surface area (Å²) < 4.78 is 12.6. The molecule has 0 aliphatic carbocycles. The van der Waals surface area contributed by atoms with Crippen molar-refractivity contribution in [2.24, 2.45) is 0 Å². The van der Waals surface area contributed by atoms with Crippen LogP contribution in [0.5, 0.6) is 0 Å². The molecule has 4 nitrogen and oxygen atoms in total. The second-order valence-corrected chi connectivity index (χ2v) is 3.63. The van der Waals surface area contributed by atoms with Crippen molar-refractivity contribution in [1.82, 2.24) is 10.6 Å². The van der Waals surface area contributed by atoms with E-state index in [0.29, 0.717) is 13.0 Å². The van der Waals surface area contributed by atoms with Crippen molar-refractivity contribution < 1.29 is 14.0 Å². The summed E-state index contributed by atoms with van der Waals surface area (Å²) >= 11 is 0. The van der Waals surface area contributed by atoms with Gasteiger partial charge in [0.25, 0.3) is 0 Å². The number of carbonyl (C=O) groups excluding carboxylic acids is 2. The van der Waals surface area contributed by atoms with E-state index in [2.05, 4.69) is 17.2 Å². The van der Waals surface area contributed by atoms with Crippen LogP contribution in [0.2, 0.25) is 0 Å². The van der Waals surface area contributed by atoms with Crippen LogP contribution in [0.4, 0.5) is 4.39 Å². The Kier molecular flexibility index (Phi) is 5.57. The standard InChI is InChI=1S/C13H15FN2O2/c1-2-8-15-12(17)13(18)16-9-7-10-3-5-11(14)6-4-10/h2-6H,1,7-9H2,(H,15,17)(H,16,18). The van der Waals surface area contributed by atoms with Crippen molar-refractivity contribution in [3.8, 4) is 0 Å². The molecule has 0 saturated heterocycles. The molecule has 0 unspecified atom stereocenters. The van der Waals surface area contributed by atoms with Crippen LogP contribution in [-0.2, 0) is 16.0 Å². The summed E-state index contributed by atoms with van der Waals surface area (Å²) in [5.74, 6) is -1.67. The molecular formula is C13H15FN2O2. The summed E-state index contributed by atoms with van der Waals surface area (Å²) in [6, 6.07) is 5.99. The van der Waals surface area contributed by atoms with Gasteiger partial charge in [0.2, 0.25) is 0 Å². The Morgan fingerprint density at radius 3 is 2.39 bits per heavy atom. The zero-order chi connectivity index (χ0) is 13.4. The first kappa shape index (κ1) is 13.9. The number of carbonyl (C=O) groups is 2. The molecule has 5 heteroatoms. The van der Waals surface area contributed by atoms with Crippen LogP contribution >= 0.6 is 0 Å². The number of amides is 2. The van der Waals surface area contributed by atoms with Crippen LogP contribution in [-0.4, -0.2) is 24.9 Å². The predicted molar refractivity (Wildman–Crippen MR) is 66.3 cm³/mol. The summed E-state index contributed by atoms with van der Waals surface area (Å²) in [5.41, 5.74) is 0.892. The van der Waals surface area contributed by atoms with Gasteiger partial charge in [-0.1, -0.05) is 18.2 Å². The summed E-state index contributed by atoms with van der Waals surface area (Å²) in [6.07, 6.45) is 2.03. The molecule has 0 fully saturated rings. The fraction of sp³-hybridized carbons (Fsp3) is 0.231. The van der Waals surface area contributed by atoms with E-state index in [1.807, 2.05) is 0 Å². The zero-order valence-corrected chi connectivity index (χ0v) is 9.91. The van der Waals surface area contributed by atoms with Gasteiger partial charge in [-0.2, -0.15) is 0 Å². The zero-order valence-electron chi connectivity index (χ0n) is 9.91. The maximum absolute atomic E-state index is 12.6. The lowest BCUT2D eigenvalue weighted by molar-refractivity contribution is -0.139. The van der Waals surface area contributed by atoms with Gasteiger partial charge < -0.3 is 10.6 Å². The Hall–Kier alpha value is -2.17. The normalized spacial score (nSPS) is 9.61. The van der Waals surface area contributed by atoms with E-state index in [0.717, 1.165) is 5.56 Å². The minimum atomic E-state index is -0.686. The largest absolute Gasteiger partial charge is 0.348 e. The van der Waals surface area contributed by atoms with Gasteiger partial charge in [-0.05, 0) is 24.1 Å². The molecule has 2 amide bonds. The first-order valence-electron chi connectivity index (χ1n) is 5.55. The Labute approximate surface area is 105 Å². The Bertz CT molecular complexity index is 429. The van der Waals surface area contributed by atoms with E-state index in [9.17, 15) is 14.0 Å². The minimum Gasteiger partial charge on any atom is -0.348 e.